The van der Waals surface area contributed by atoms with Gasteiger partial charge in [-0.1, -0.05) is 51.3 Å². The zero-order chi connectivity index (χ0) is 22.1. The highest BCUT2D eigenvalue weighted by molar-refractivity contribution is 9.10. The number of fused-ring (bicyclic) bond motifs is 1. The van der Waals surface area contributed by atoms with Crippen molar-refractivity contribution < 1.29 is 14.6 Å². The average molecular weight is 516 g/mol. The van der Waals surface area contributed by atoms with Gasteiger partial charge in [-0.3, -0.25) is 10.1 Å². The van der Waals surface area contributed by atoms with Crippen molar-refractivity contribution in [2.75, 3.05) is 0 Å². The van der Waals surface area contributed by atoms with E-state index < -0.39 is 18.1 Å². The van der Waals surface area contributed by atoms with Crippen LogP contribution in [0.15, 0.2) is 40.9 Å². The lowest BCUT2D eigenvalue weighted by molar-refractivity contribution is -0.188. The number of hydrogen-bond donors (Lipinski definition) is 2. The lowest BCUT2D eigenvalue weighted by Crippen LogP contribution is -2.52. The highest BCUT2D eigenvalue weighted by atomic mass is 79.9. The molecule has 1 amide bonds. The summed E-state index contributed by atoms with van der Waals surface area (Å²) in [6, 6.07) is 10.5. The Morgan fingerprint density at radius 2 is 1.90 bits per heavy atom. The van der Waals surface area contributed by atoms with Crippen molar-refractivity contribution in [3.63, 3.8) is 0 Å². The van der Waals surface area contributed by atoms with E-state index in [4.69, 9.17) is 27.9 Å². The number of benzene rings is 2. The number of nitrogens with one attached hydrogen (secondary N) is 1. The molecule has 2 unspecified atom stereocenters. The summed E-state index contributed by atoms with van der Waals surface area (Å²) in [5.74, 6) is -0.134. The van der Waals surface area contributed by atoms with Gasteiger partial charge < -0.3 is 14.7 Å². The highest BCUT2D eigenvalue weighted by Gasteiger charge is 2.32. The van der Waals surface area contributed by atoms with E-state index in [1.807, 2.05) is 39.0 Å². The van der Waals surface area contributed by atoms with Crippen molar-refractivity contribution in [3.8, 4) is 0 Å². The van der Waals surface area contributed by atoms with Gasteiger partial charge in [0.1, 0.15) is 0 Å². The van der Waals surface area contributed by atoms with Gasteiger partial charge in [-0.05, 0) is 68.1 Å². The van der Waals surface area contributed by atoms with E-state index >= 15 is 0 Å². The first-order chi connectivity index (χ1) is 14.0. The molecule has 2 N–H and O–H groups in total. The molecule has 2 aromatic carbocycles. The molecular weight excluding hydrogens is 491 g/mol. The first kappa shape index (κ1) is 23.5. The second kappa shape index (κ2) is 9.55. The van der Waals surface area contributed by atoms with E-state index in [0.29, 0.717) is 23.1 Å². The lowest BCUT2D eigenvalue weighted by Gasteiger charge is -2.30. The molecule has 162 valence electrons. The predicted molar refractivity (Wildman–Crippen MR) is 122 cm³/mol. The fourth-order valence-corrected chi connectivity index (χ4v) is 4.30. The summed E-state index contributed by atoms with van der Waals surface area (Å²) in [7, 11) is 0. The van der Waals surface area contributed by atoms with Crippen molar-refractivity contribution in [3.05, 3.63) is 67.6 Å². The summed E-state index contributed by atoms with van der Waals surface area (Å²) in [4.78, 5) is 15.2. The summed E-state index contributed by atoms with van der Waals surface area (Å²) < 4.78 is 6.54. The summed E-state index contributed by atoms with van der Waals surface area (Å²) in [5.41, 5.74) is 2.40. The predicted octanol–water partition coefficient (Wildman–Crippen LogP) is 4.89. The van der Waals surface area contributed by atoms with Crippen molar-refractivity contribution in [1.82, 2.24) is 10.2 Å². The lowest BCUT2D eigenvalue weighted by atomic mass is 10.0. The van der Waals surface area contributed by atoms with Gasteiger partial charge in [0, 0.05) is 27.6 Å². The van der Waals surface area contributed by atoms with Crippen molar-refractivity contribution in [2.24, 2.45) is 0 Å². The molecule has 0 aromatic heterocycles. The third-order valence-corrected chi connectivity index (χ3v) is 5.83. The molecule has 3 rings (SSSR count). The number of ether oxygens (including phenoxy) is 1. The molecule has 8 heteroatoms. The number of nitrogens with zero attached hydrogens (tertiary/aromatic N) is 1. The fourth-order valence-electron chi connectivity index (χ4n) is 3.40. The van der Waals surface area contributed by atoms with Crippen molar-refractivity contribution >= 4 is 45.0 Å². The van der Waals surface area contributed by atoms with Crippen LogP contribution in [0.25, 0.3) is 0 Å². The Kier molecular flexibility index (Phi) is 7.49. The van der Waals surface area contributed by atoms with E-state index in [1.165, 1.54) is 0 Å². The standard InChI is InChI=1S/C22H25BrCl2N2O3/c1-22(2,3)30-21(29)26-19(9-13-5-7-17(24)10-18(13)25)20(28)27-11-14-4-6-16(23)8-15(14)12-27/h4-8,10,19,21,26,29H,9,11-12H2,1-3H3. The van der Waals surface area contributed by atoms with Crippen molar-refractivity contribution in [1.29, 1.82) is 0 Å². The molecular formula is C22H25BrCl2N2O3. The van der Waals surface area contributed by atoms with E-state index in [1.54, 1.807) is 23.1 Å². The quantitative estimate of drug-likeness (QED) is 0.537. The summed E-state index contributed by atoms with van der Waals surface area (Å²) >= 11 is 15.8. The smallest absolute Gasteiger partial charge is 0.240 e. The molecule has 0 radical (unpaired) electrons. The molecule has 0 aliphatic carbocycles. The highest BCUT2D eigenvalue weighted by Crippen LogP contribution is 2.28. The minimum Gasteiger partial charge on any atom is -0.356 e. The topological polar surface area (TPSA) is 61.8 Å². The largest absolute Gasteiger partial charge is 0.356 e. The number of rotatable bonds is 6. The molecule has 0 fully saturated rings. The molecule has 5 nitrogen and oxygen atoms in total. The second-order valence-electron chi connectivity index (χ2n) is 8.35. The van der Waals surface area contributed by atoms with Gasteiger partial charge in [0.25, 0.3) is 0 Å². The fraction of sp³-hybridized carbons (Fsp3) is 0.409. The minimum absolute atomic E-state index is 0.134. The number of aliphatic hydroxyl groups excluding tert-OH is 1. The SMILES string of the molecule is CC(C)(C)OC(O)NC(Cc1ccc(Cl)cc1Cl)C(=O)N1Cc2ccc(Br)cc2C1. The van der Waals surface area contributed by atoms with E-state index in [2.05, 4.69) is 21.2 Å². The van der Waals surface area contributed by atoms with Crippen molar-refractivity contribution in [2.45, 2.75) is 58.3 Å². The Balaban J connectivity index is 1.80. The maximum Gasteiger partial charge on any atom is 0.240 e. The number of hydrogen-bond acceptors (Lipinski definition) is 4. The average Bonchev–Trinajstić information content (AvgIpc) is 3.04. The molecule has 1 heterocycles. The monoisotopic (exact) mass is 514 g/mol. The van der Waals surface area contributed by atoms with Crippen LogP contribution in [0.3, 0.4) is 0 Å². The van der Waals surface area contributed by atoms with Gasteiger partial charge in [0.05, 0.1) is 11.6 Å². The zero-order valence-electron chi connectivity index (χ0n) is 17.1. The van der Waals surface area contributed by atoms with E-state index in [9.17, 15) is 9.90 Å². The van der Waals surface area contributed by atoms with Crippen LogP contribution >= 0.6 is 39.1 Å². The number of carbonyl (C=O) groups is 1. The van der Waals surface area contributed by atoms with Gasteiger partial charge in [0.2, 0.25) is 12.3 Å². The molecule has 1 aliphatic rings. The normalized spacial score (nSPS) is 15.8. The maximum absolute atomic E-state index is 13.4. The van der Waals surface area contributed by atoms with Crippen LogP contribution in [-0.2, 0) is 29.0 Å². The maximum atomic E-state index is 13.4. The number of halogens is 3. The Labute approximate surface area is 195 Å². The second-order valence-corrected chi connectivity index (χ2v) is 10.1. The van der Waals surface area contributed by atoms with Crippen LogP contribution in [-0.4, -0.2) is 34.0 Å². The van der Waals surface area contributed by atoms with E-state index in [0.717, 1.165) is 21.2 Å². The number of aliphatic hydroxyl groups is 1. The molecule has 2 aromatic rings. The third-order valence-electron chi connectivity index (χ3n) is 4.75. The minimum atomic E-state index is -1.30. The molecule has 30 heavy (non-hydrogen) atoms. The van der Waals surface area contributed by atoms with Crippen LogP contribution in [0.5, 0.6) is 0 Å². The summed E-state index contributed by atoms with van der Waals surface area (Å²) in [6.07, 6.45) is -1.01. The van der Waals surface area contributed by atoms with Gasteiger partial charge >= 0.3 is 0 Å². The molecule has 2 atom stereocenters. The first-order valence-corrected chi connectivity index (χ1v) is 11.2. The first-order valence-electron chi connectivity index (χ1n) is 9.64. The third kappa shape index (κ3) is 6.19. The summed E-state index contributed by atoms with van der Waals surface area (Å²) in [5, 5.41) is 14.3. The molecule has 0 saturated carbocycles. The summed E-state index contributed by atoms with van der Waals surface area (Å²) in [6.45, 7) is 6.53. The van der Waals surface area contributed by atoms with Gasteiger partial charge in [-0.25, -0.2) is 0 Å². The van der Waals surface area contributed by atoms with Crippen LogP contribution in [0.1, 0.15) is 37.5 Å². The van der Waals surface area contributed by atoms with Crippen LogP contribution in [0, 0.1) is 0 Å². The van der Waals surface area contributed by atoms with Crippen LogP contribution < -0.4 is 5.32 Å². The van der Waals surface area contributed by atoms with E-state index in [-0.39, 0.29) is 12.3 Å². The Morgan fingerprint density at radius 3 is 2.57 bits per heavy atom. The van der Waals surface area contributed by atoms with Crippen LogP contribution in [0.2, 0.25) is 10.0 Å². The molecule has 1 aliphatic heterocycles. The van der Waals surface area contributed by atoms with Gasteiger partial charge in [-0.2, -0.15) is 0 Å². The Morgan fingerprint density at radius 1 is 1.20 bits per heavy atom. The van der Waals surface area contributed by atoms with Crippen LogP contribution in [0.4, 0.5) is 0 Å². The van der Waals surface area contributed by atoms with Gasteiger partial charge in [0.15, 0.2) is 0 Å². The number of amides is 1. The Bertz CT molecular complexity index is 933. The molecule has 0 spiro atoms. The number of carbonyl (C=O) groups excluding carboxylic acids is 1. The molecule has 0 saturated heterocycles. The zero-order valence-corrected chi connectivity index (χ0v) is 20.2. The molecule has 0 bridgehead atoms. The van der Waals surface area contributed by atoms with Gasteiger partial charge in [-0.15, -0.1) is 0 Å². The Hall–Kier alpha value is -1.15.